The van der Waals surface area contributed by atoms with Crippen molar-refractivity contribution in [1.82, 2.24) is 0 Å². The monoisotopic (exact) mass is 968 g/mol. The van der Waals surface area contributed by atoms with Gasteiger partial charge in [-0.3, -0.25) is 0 Å². The van der Waals surface area contributed by atoms with Gasteiger partial charge in [-0.1, -0.05) is 143 Å². The number of anilines is 9. The van der Waals surface area contributed by atoms with E-state index in [0.717, 1.165) is 51.1 Å². The summed E-state index contributed by atoms with van der Waals surface area (Å²) in [6.45, 7) is 31.2. The van der Waals surface area contributed by atoms with Crippen molar-refractivity contribution >= 4 is 96.2 Å². The van der Waals surface area contributed by atoms with Gasteiger partial charge in [0.05, 0.1) is 0 Å². The van der Waals surface area contributed by atoms with E-state index >= 15 is 0 Å². The van der Waals surface area contributed by atoms with Crippen molar-refractivity contribution in [3.63, 3.8) is 0 Å². The predicted molar refractivity (Wildman–Crippen MR) is 317 cm³/mol. The summed E-state index contributed by atoms with van der Waals surface area (Å²) in [4.78, 5) is 7.70. The highest BCUT2D eigenvalue weighted by atomic mass is 16.3. The molecule has 0 N–H and O–H groups in total. The lowest BCUT2D eigenvalue weighted by atomic mass is 9.33. The third-order valence-electron chi connectivity index (χ3n) is 18.0. The molecule has 0 amide bonds. The van der Waals surface area contributed by atoms with Crippen molar-refractivity contribution in [2.24, 2.45) is 0 Å². The molecule has 4 nitrogen and oxygen atoms in total. The first-order valence-corrected chi connectivity index (χ1v) is 27.2. The van der Waals surface area contributed by atoms with Gasteiger partial charge in [0.25, 0.3) is 6.71 Å². The summed E-state index contributed by atoms with van der Waals surface area (Å²) in [7, 11) is 0. The highest BCUT2D eigenvalue weighted by Crippen LogP contribution is 2.55. The van der Waals surface area contributed by atoms with Crippen molar-refractivity contribution < 1.29 is 4.42 Å². The van der Waals surface area contributed by atoms with E-state index in [1.165, 1.54) is 96.6 Å². The van der Waals surface area contributed by atoms with E-state index in [0.29, 0.717) is 0 Å². The van der Waals surface area contributed by atoms with Crippen LogP contribution in [0.2, 0.25) is 0 Å². The van der Waals surface area contributed by atoms with Crippen LogP contribution in [0.5, 0.6) is 0 Å². The minimum absolute atomic E-state index is 0.00466. The molecule has 4 aliphatic rings. The van der Waals surface area contributed by atoms with Crippen molar-refractivity contribution in [3.8, 4) is 0 Å². The molecule has 9 aromatic rings. The zero-order valence-electron chi connectivity index (χ0n) is 45.9. The van der Waals surface area contributed by atoms with Gasteiger partial charge in [0.15, 0.2) is 0 Å². The number of hydrogen-bond acceptors (Lipinski definition) is 4. The molecule has 2 aliphatic heterocycles. The van der Waals surface area contributed by atoms with Gasteiger partial charge in [0.2, 0.25) is 0 Å². The number of para-hydroxylation sites is 2. The molecule has 13 rings (SSSR count). The summed E-state index contributed by atoms with van der Waals surface area (Å²) in [6, 6.07) is 58.1. The molecule has 370 valence electrons. The number of rotatable bonds is 5. The number of fused-ring (bicyclic) bond motifs is 9. The Morgan fingerprint density at radius 1 is 0.473 bits per heavy atom. The van der Waals surface area contributed by atoms with Crippen LogP contribution in [0.25, 0.3) is 21.9 Å². The SMILES string of the molecule is Cc1cc2c3c(c1)N(c1cc4c(cc1C)C(C)(C)CCC4(C)C)c1cc4c(cc1B3c1ccc(N(c3ccccc3)c3ccccc3)cc1N2c1ccc2oc3cc(C(C)(C)C)ccc3c2c1)C(C)(C)CC4(C)C. The van der Waals surface area contributed by atoms with E-state index in [1.54, 1.807) is 0 Å². The Labute approximate surface area is 440 Å². The highest BCUT2D eigenvalue weighted by molar-refractivity contribution is 7.00. The number of aryl methyl sites for hydroxylation is 2. The van der Waals surface area contributed by atoms with Crippen LogP contribution in [0.1, 0.15) is 134 Å². The van der Waals surface area contributed by atoms with Crippen molar-refractivity contribution in [3.05, 3.63) is 191 Å². The lowest BCUT2D eigenvalue weighted by Gasteiger charge is -2.46. The average molecular weight is 968 g/mol. The van der Waals surface area contributed by atoms with Gasteiger partial charge in [-0.05, 0) is 200 Å². The van der Waals surface area contributed by atoms with Crippen molar-refractivity contribution in [1.29, 1.82) is 0 Å². The molecular formula is C69H70BN3O. The van der Waals surface area contributed by atoms with Crippen LogP contribution in [-0.4, -0.2) is 6.71 Å². The average Bonchev–Trinajstić information content (AvgIpc) is 3.84. The fourth-order valence-corrected chi connectivity index (χ4v) is 14.2. The van der Waals surface area contributed by atoms with Gasteiger partial charge in [0.1, 0.15) is 11.2 Å². The molecule has 0 saturated heterocycles. The Morgan fingerprint density at radius 3 is 1.70 bits per heavy atom. The molecule has 3 heterocycles. The molecule has 0 atom stereocenters. The lowest BCUT2D eigenvalue weighted by molar-refractivity contribution is 0.332. The molecular weight excluding hydrogens is 898 g/mol. The quantitative estimate of drug-likeness (QED) is 0.160. The Hall–Kier alpha value is -6.98. The zero-order chi connectivity index (χ0) is 51.6. The first-order valence-electron chi connectivity index (χ1n) is 27.2. The van der Waals surface area contributed by atoms with Gasteiger partial charge in [-0.15, -0.1) is 0 Å². The van der Waals surface area contributed by atoms with E-state index in [2.05, 4.69) is 256 Å². The van der Waals surface area contributed by atoms with Crippen LogP contribution in [0.3, 0.4) is 0 Å². The molecule has 0 spiro atoms. The lowest BCUT2D eigenvalue weighted by Crippen LogP contribution is -2.61. The molecule has 74 heavy (non-hydrogen) atoms. The summed E-state index contributed by atoms with van der Waals surface area (Å²) < 4.78 is 6.72. The summed E-state index contributed by atoms with van der Waals surface area (Å²) in [5.74, 6) is 0. The Kier molecular flexibility index (Phi) is 9.97. The molecule has 0 saturated carbocycles. The maximum atomic E-state index is 6.72. The molecule has 8 aromatic carbocycles. The molecule has 0 unspecified atom stereocenters. The smallest absolute Gasteiger partial charge is 0.252 e. The Balaban J connectivity index is 1.12. The standard InChI is InChI=1S/C69H70BN3O/c1-42-32-60-64-61(33-42)73(57-39-53-51(34-43(57)2)66(6,7)30-31-67(53,8)9)59-40-54-52(68(10,11)41-69(54,12)13)38-56(59)70(64)55-28-25-48(71(45-20-16-14-17-21-45)46-22-18-15-19-23-46)37-58(55)72(60)47-26-29-62-50(36-47)49-27-24-44(65(3,4)5)35-63(49)74-62/h14-29,32-40H,30-31,41H2,1-13H3. The molecule has 2 aliphatic carbocycles. The topological polar surface area (TPSA) is 22.9 Å². The fourth-order valence-electron chi connectivity index (χ4n) is 14.2. The van der Waals surface area contributed by atoms with E-state index in [-0.39, 0.29) is 33.8 Å². The summed E-state index contributed by atoms with van der Waals surface area (Å²) in [5, 5.41) is 2.26. The van der Waals surface area contributed by atoms with Gasteiger partial charge < -0.3 is 19.1 Å². The van der Waals surface area contributed by atoms with Crippen LogP contribution in [-0.2, 0) is 27.1 Å². The van der Waals surface area contributed by atoms with Crippen LogP contribution in [0, 0.1) is 13.8 Å². The summed E-state index contributed by atoms with van der Waals surface area (Å²) in [6.07, 6.45) is 3.46. The number of hydrogen-bond donors (Lipinski definition) is 0. The first-order chi connectivity index (χ1) is 35.1. The Bertz CT molecular complexity index is 3750. The summed E-state index contributed by atoms with van der Waals surface area (Å²) >= 11 is 0. The van der Waals surface area contributed by atoms with Crippen molar-refractivity contribution in [2.75, 3.05) is 14.7 Å². The predicted octanol–water partition coefficient (Wildman–Crippen LogP) is 17.4. The van der Waals surface area contributed by atoms with Gasteiger partial charge in [-0.25, -0.2) is 0 Å². The minimum Gasteiger partial charge on any atom is -0.456 e. The van der Waals surface area contributed by atoms with E-state index in [1.807, 2.05) is 0 Å². The Morgan fingerprint density at radius 2 is 1.05 bits per heavy atom. The van der Waals surface area contributed by atoms with Crippen LogP contribution in [0.4, 0.5) is 51.2 Å². The summed E-state index contributed by atoms with van der Waals surface area (Å²) in [5.41, 5.74) is 26.5. The highest BCUT2D eigenvalue weighted by Gasteiger charge is 2.49. The second kappa shape index (κ2) is 15.8. The van der Waals surface area contributed by atoms with Crippen molar-refractivity contribution in [2.45, 2.75) is 136 Å². The number of furan rings is 1. The number of benzene rings is 8. The molecule has 0 radical (unpaired) electrons. The van der Waals surface area contributed by atoms with Gasteiger partial charge in [0, 0.05) is 62.0 Å². The molecule has 1 aromatic heterocycles. The van der Waals surface area contributed by atoms with E-state index in [4.69, 9.17) is 4.42 Å². The van der Waals surface area contributed by atoms with Crippen LogP contribution < -0.4 is 31.1 Å². The second-order valence-electron chi connectivity index (χ2n) is 26.2. The van der Waals surface area contributed by atoms with E-state index in [9.17, 15) is 0 Å². The zero-order valence-corrected chi connectivity index (χ0v) is 45.9. The van der Waals surface area contributed by atoms with Crippen LogP contribution >= 0.6 is 0 Å². The third-order valence-corrected chi connectivity index (χ3v) is 18.0. The minimum atomic E-state index is -0.0264. The van der Waals surface area contributed by atoms with Gasteiger partial charge >= 0.3 is 0 Å². The largest absolute Gasteiger partial charge is 0.456 e. The van der Waals surface area contributed by atoms with Crippen LogP contribution in [0.15, 0.2) is 156 Å². The molecule has 0 bridgehead atoms. The molecule has 0 fully saturated rings. The maximum absolute atomic E-state index is 6.72. The first kappa shape index (κ1) is 46.8. The van der Waals surface area contributed by atoms with E-state index < -0.39 is 0 Å². The fraction of sp³-hybridized carbons (Fsp3) is 0.304. The number of nitrogens with zero attached hydrogens (tertiary/aromatic N) is 3. The second-order valence-corrected chi connectivity index (χ2v) is 26.2. The van der Waals surface area contributed by atoms with Gasteiger partial charge in [-0.2, -0.15) is 0 Å². The molecule has 5 heteroatoms. The third kappa shape index (κ3) is 7.01. The normalized spacial score (nSPS) is 17.4. The maximum Gasteiger partial charge on any atom is 0.252 e.